The summed E-state index contributed by atoms with van der Waals surface area (Å²) in [5.74, 6) is -0.692. The summed E-state index contributed by atoms with van der Waals surface area (Å²) < 4.78 is 27.2. The summed E-state index contributed by atoms with van der Waals surface area (Å²) >= 11 is 0. The van der Waals surface area contributed by atoms with Crippen LogP contribution < -0.4 is 5.32 Å². The number of para-hydroxylation sites is 1. The van der Waals surface area contributed by atoms with Gasteiger partial charge in [-0.2, -0.15) is 0 Å². The third-order valence-electron chi connectivity index (χ3n) is 5.71. The maximum Gasteiger partial charge on any atom is 0.247 e. The fraction of sp³-hybridized carbons (Fsp3) is 0.154. The Kier molecular flexibility index (Phi) is 6.57. The summed E-state index contributed by atoms with van der Waals surface area (Å²) in [7, 11) is 0. The molecule has 1 N–H and O–H groups in total. The van der Waals surface area contributed by atoms with E-state index in [1.807, 2.05) is 12.1 Å². The first-order valence-corrected chi connectivity index (χ1v) is 11.2. The van der Waals surface area contributed by atoms with E-state index in [0.717, 1.165) is 0 Å². The summed E-state index contributed by atoms with van der Waals surface area (Å²) in [4.78, 5) is 28.5. The molecule has 0 aliphatic rings. The highest BCUT2D eigenvalue weighted by molar-refractivity contribution is 5.89. The molecule has 3 aromatic heterocycles. The molecule has 0 saturated heterocycles. The average molecular weight is 487 g/mol. The first-order valence-electron chi connectivity index (χ1n) is 11.2. The Morgan fingerprint density at radius 3 is 2.42 bits per heavy atom. The molecule has 182 valence electrons. The second-order valence-electron chi connectivity index (χ2n) is 8.06. The Morgan fingerprint density at radius 1 is 0.944 bits per heavy atom. The number of rotatable bonds is 9. The van der Waals surface area contributed by atoms with Crippen LogP contribution in [0, 0.1) is 5.82 Å². The van der Waals surface area contributed by atoms with E-state index in [4.69, 9.17) is 8.83 Å². The van der Waals surface area contributed by atoms with Crippen LogP contribution >= 0.6 is 0 Å². The van der Waals surface area contributed by atoms with Crippen LogP contribution in [0.2, 0.25) is 0 Å². The highest BCUT2D eigenvalue weighted by atomic mass is 19.1. The van der Waals surface area contributed by atoms with Crippen molar-refractivity contribution in [2.45, 2.75) is 25.7 Å². The molecular weight excluding hydrogens is 465 g/mol. The van der Waals surface area contributed by atoms with Crippen LogP contribution in [0.4, 0.5) is 4.39 Å². The van der Waals surface area contributed by atoms with Crippen LogP contribution in [-0.4, -0.2) is 31.7 Å². The van der Waals surface area contributed by atoms with E-state index in [-0.39, 0.29) is 25.2 Å². The number of hydrogen-bond acceptors (Lipinski definition) is 6. The van der Waals surface area contributed by atoms with Crippen LogP contribution in [0.1, 0.15) is 23.1 Å². The van der Waals surface area contributed by atoms with Crippen LogP contribution in [-0.2, 0) is 29.2 Å². The zero-order chi connectivity index (χ0) is 24.9. The third kappa shape index (κ3) is 4.88. The molecule has 3 heterocycles. The van der Waals surface area contributed by atoms with Crippen LogP contribution in [0.25, 0.3) is 11.0 Å². The topological polar surface area (TPSA) is 106 Å². The largest absolute Gasteiger partial charge is 0.467 e. The van der Waals surface area contributed by atoms with E-state index in [0.29, 0.717) is 22.6 Å². The average Bonchev–Trinajstić information content (AvgIpc) is 3.67. The van der Waals surface area contributed by atoms with Crippen molar-refractivity contribution in [1.29, 1.82) is 0 Å². The Balaban J connectivity index is 1.51. The number of fused-ring (bicyclic) bond motifs is 1. The van der Waals surface area contributed by atoms with Gasteiger partial charge in [-0.25, -0.2) is 9.07 Å². The first-order chi connectivity index (χ1) is 17.6. The molecule has 0 fully saturated rings. The summed E-state index contributed by atoms with van der Waals surface area (Å²) in [6.45, 7) is -0.198. The lowest BCUT2D eigenvalue weighted by Crippen LogP contribution is -2.44. The number of furan rings is 2. The smallest absolute Gasteiger partial charge is 0.247 e. The van der Waals surface area contributed by atoms with Gasteiger partial charge < -0.3 is 19.1 Å². The molecule has 9 nitrogen and oxygen atoms in total. The number of carbonyl (C=O) groups is 2. The van der Waals surface area contributed by atoms with Crippen molar-refractivity contribution in [3.8, 4) is 0 Å². The standard InChI is InChI=1S/C26H22FN5O4/c27-21-10-2-1-9-20(21)25(26(34)28-15-18-7-5-13-35-18)31(16-19-8-6-14-36-19)24(33)17-32-23-12-4-3-11-22(23)29-30-32/h1-14,25H,15-17H2,(H,28,34)/t25-/m0/s1. The van der Waals surface area contributed by atoms with E-state index in [9.17, 15) is 9.59 Å². The minimum absolute atomic E-state index is 0.0535. The highest BCUT2D eigenvalue weighted by Gasteiger charge is 2.34. The molecule has 0 spiro atoms. The van der Waals surface area contributed by atoms with Gasteiger partial charge in [-0.05, 0) is 42.5 Å². The van der Waals surface area contributed by atoms with E-state index < -0.39 is 23.7 Å². The first kappa shape index (κ1) is 23.0. The number of hydrogen-bond donors (Lipinski definition) is 1. The van der Waals surface area contributed by atoms with E-state index in [1.165, 1.54) is 40.3 Å². The van der Waals surface area contributed by atoms with Gasteiger partial charge in [-0.3, -0.25) is 9.59 Å². The number of nitrogens with zero attached hydrogens (tertiary/aromatic N) is 4. The Bertz CT molecular complexity index is 1460. The normalized spacial score (nSPS) is 11.9. The molecule has 0 aliphatic heterocycles. The highest BCUT2D eigenvalue weighted by Crippen LogP contribution is 2.27. The second kappa shape index (κ2) is 10.3. The van der Waals surface area contributed by atoms with Gasteiger partial charge >= 0.3 is 0 Å². The van der Waals surface area contributed by atoms with E-state index in [2.05, 4.69) is 15.6 Å². The molecule has 36 heavy (non-hydrogen) atoms. The molecule has 2 aromatic carbocycles. The van der Waals surface area contributed by atoms with Gasteiger partial charge in [0.1, 0.15) is 35.4 Å². The SMILES string of the molecule is O=C(NCc1ccco1)[C@H](c1ccccc1F)N(Cc1ccco1)C(=O)Cn1nnc2ccccc21. The molecule has 5 rings (SSSR count). The lowest BCUT2D eigenvalue weighted by Gasteiger charge is -2.31. The van der Waals surface area contributed by atoms with Crippen molar-refractivity contribution < 1.29 is 22.8 Å². The van der Waals surface area contributed by atoms with Gasteiger partial charge in [0.2, 0.25) is 11.8 Å². The molecule has 10 heteroatoms. The van der Waals surface area contributed by atoms with Crippen molar-refractivity contribution in [1.82, 2.24) is 25.2 Å². The molecule has 0 radical (unpaired) electrons. The van der Waals surface area contributed by atoms with Gasteiger partial charge in [0, 0.05) is 5.56 Å². The van der Waals surface area contributed by atoms with E-state index in [1.54, 1.807) is 42.5 Å². The molecule has 0 aliphatic carbocycles. The van der Waals surface area contributed by atoms with Crippen molar-refractivity contribution in [2.75, 3.05) is 0 Å². The van der Waals surface area contributed by atoms with Crippen LogP contribution in [0.5, 0.6) is 0 Å². The fourth-order valence-electron chi connectivity index (χ4n) is 3.98. The molecule has 0 saturated carbocycles. The zero-order valence-electron chi connectivity index (χ0n) is 19.1. The number of nitrogens with one attached hydrogen (secondary N) is 1. The fourth-order valence-corrected chi connectivity index (χ4v) is 3.98. The predicted molar refractivity (Wildman–Crippen MR) is 126 cm³/mol. The number of aromatic nitrogens is 3. The molecule has 0 bridgehead atoms. The van der Waals surface area contributed by atoms with Gasteiger partial charge in [-0.1, -0.05) is 35.5 Å². The summed E-state index contributed by atoms with van der Waals surface area (Å²) in [6, 6.07) is 18.6. The number of halogens is 1. The summed E-state index contributed by atoms with van der Waals surface area (Å²) in [6.07, 6.45) is 2.96. The molecule has 2 amide bonds. The summed E-state index contributed by atoms with van der Waals surface area (Å²) in [5, 5.41) is 10.9. The number of carbonyl (C=O) groups excluding carboxylic acids is 2. The number of amides is 2. The Morgan fingerprint density at radius 2 is 1.67 bits per heavy atom. The minimum Gasteiger partial charge on any atom is -0.467 e. The molecule has 0 unspecified atom stereocenters. The minimum atomic E-state index is -1.28. The van der Waals surface area contributed by atoms with Gasteiger partial charge in [0.15, 0.2) is 0 Å². The predicted octanol–water partition coefficient (Wildman–Crippen LogP) is 3.84. The van der Waals surface area contributed by atoms with Crippen molar-refractivity contribution in [3.05, 3.63) is 108 Å². The van der Waals surface area contributed by atoms with Crippen LogP contribution in [0.15, 0.2) is 94.2 Å². The maximum absolute atomic E-state index is 15.0. The monoisotopic (exact) mass is 487 g/mol. The van der Waals surface area contributed by atoms with Gasteiger partial charge in [0.05, 0.1) is 31.1 Å². The molecule has 5 aromatic rings. The van der Waals surface area contributed by atoms with Crippen molar-refractivity contribution in [2.24, 2.45) is 0 Å². The number of benzene rings is 2. The molecular formula is C26H22FN5O4. The summed E-state index contributed by atoms with van der Waals surface area (Å²) in [5.41, 5.74) is 1.34. The quantitative estimate of drug-likeness (QED) is 0.339. The maximum atomic E-state index is 15.0. The third-order valence-corrected chi connectivity index (χ3v) is 5.71. The van der Waals surface area contributed by atoms with E-state index >= 15 is 4.39 Å². The van der Waals surface area contributed by atoms with Gasteiger partial charge in [0.25, 0.3) is 0 Å². The Labute approximate surface area is 205 Å². The van der Waals surface area contributed by atoms with Gasteiger partial charge in [-0.15, -0.1) is 5.10 Å². The second-order valence-corrected chi connectivity index (χ2v) is 8.06. The van der Waals surface area contributed by atoms with Crippen molar-refractivity contribution >= 4 is 22.8 Å². The van der Waals surface area contributed by atoms with Crippen molar-refractivity contribution in [3.63, 3.8) is 0 Å². The zero-order valence-corrected chi connectivity index (χ0v) is 19.1. The Hall–Kier alpha value is -4.73. The lowest BCUT2D eigenvalue weighted by atomic mass is 10.0. The lowest BCUT2D eigenvalue weighted by molar-refractivity contribution is -0.142. The van der Waals surface area contributed by atoms with Crippen LogP contribution in [0.3, 0.4) is 0 Å². The molecule has 1 atom stereocenters.